The summed E-state index contributed by atoms with van der Waals surface area (Å²) in [5, 5.41) is 3.93. The third kappa shape index (κ3) is 6.84. The molecule has 0 aliphatic rings. The third-order valence-electron chi connectivity index (χ3n) is 5.67. The first-order chi connectivity index (χ1) is 19.2. The van der Waals surface area contributed by atoms with Crippen molar-refractivity contribution in [2.24, 2.45) is 0 Å². The Morgan fingerprint density at radius 2 is 1.68 bits per heavy atom. The second kappa shape index (κ2) is 11.5. The Hall–Kier alpha value is -4.00. The van der Waals surface area contributed by atoms with Crippen LogP contribution in [-0.4, -0.2) is 55.1 Å². The zero-order valence-electron chi connectivity index (χ0n) is 21.3. The molecule has 0 saturated heterocycles. The number of benzene rings is 2. The van der Waals surface area contributed by atoms with Gasteiger partial charge in [0, 0.05) is 30.8 Å². The Bertz CT molecular complexity index is 1760. The van der Waals surface area contributed by atoms with Gasteiger partial charge in [-0.2, -0.15) is 18.3 Å². The minimum absolute atomic E-state index is 0.0393. The van der Waals surface area contributed by atoms with Gasteiger partial charge in [0.25, 0.3) is 6.43 Å². The predicted octanol–water partition coefficient (Wildman–Crippen LogP) is 4.87. The number of aromatic nitrogens is 3. The highest BCUT2D eigenvalue weighted by Gasteiger charge is 2.30. The van der Waals surface area contributed by atoms with Crippen molar-refractivity contribution in [1.82, 2.24) is 24.2 Å². The number of halogens is 7. The number of hydrogen-bond donors (Lipinski definition) is 1. The van der Waals surface area contributed by atoms with Gasteiger partial charge in [0.2, 0.25) is 10.0 Å². The molecule has 2 aromatic carbocycles. The van der Waals surface area contributed by atoms with Crippen molar-refractivity contribution >= 4 is 15.7 Å². The van der Waals surface area contributed by atoms with Gasteiger partial charge in [-0.1, -0.05) is 18.1 Å². The van der Waals surface area contributed by atoms with Crippen LogP contribution in [0.25, 0.3) is 16.9 Å². The zero-order valence-corrected chi connectivity index (χ0v) is 22.1. The predicted molar refractivity (Wildman–Crippen MR) is 134 cm³/mol. The van der Waals surface area contributed by atoms with E-state index in [0.29, 0.717) is 18.7 Å². The molecule has 7 nitrogen and oxygen atoms in total. The monoisotopic (exact) mass is 599 g/mol. The van der Waals surface area contributed by atoms with Crippen molar-refractivity contribution < 1.29 is 39.2 Å². The van der Waals surface area contributed by atoms with Crippen LogP contribution in [0.2, 0.25) is 0 Å². The van der Waals surface area contributed by atoms with Gasteiger partial charge >= 0.3 is 6.18 Å². The summed E-state index contributed by atoms with van der Waals surface area (Å²) in [5.74, 6) is 2.25. The van der Waals surface area contributed by atoms with Gasteiger partial charge in [0.1, 0.15) is 27.9 Å². The van der Waals surface area contributed by atoms with Crippen molar-refractivity contribution in [3.63, 3.8) is 0 Å². The van der Waals surface area contributed by atoms with Crippen LogP contribution in [0.15, 0.2) is 53.4 Å². The summed E-state index contributed by atoms with van der Waals surface area (Å²) >= 11 is 0. The molecule has 0 spiro atoms. The Balaban J connectivity index is 1.70. The summed E-state index contributed by atoms with van der Waals surface area (Å²) in [5.41, 5.74) is -2.27. The third-order valence-corrected chi connectivity index (χ3v) is 7.15. The van der Waals surface area contributed by atoms with Crippen molar-refractivity contribution in [2.45, 2.75) is 17.5 Å². The van der Waals surface area contributed by atoms with Crippen LogP contribution in [0.1, 0.15) is 28.9 Å². The lowest BCUT2D eigenvalue weighted by Gasteiger charge is -2.11. The maximum atomic E-state index is 14.4. The largest absolute Gasteiger partial charge is 0.416 e. The molecule has 15 heteroatoms. The minimum Gasteiger partial charge on any atom is -0.308 e. The first kappa shape index (κ1) is 30.0. The van der Waals surface area contributed by atoms with Crippen molar-refractivity contribution in [3.8, 4) is 23.1 Å². The molecule has 0 unspecified atom stereocenters. The van der Waals surface area contributed by atoms with E-state index in [9.17, 15) is 39.2 Å². The summed E-state index contributed by atoms with van der Waals surface area (Å²) in [6.07, 6.45) is -7.64. The Morgan fingerprint density at radius 3 is 2.29 bits per heavy atom. The quantitative estimate of drug-likeness (QED) is 0.242. The molecule has 0 fully saturated rings. The molecule has 0 aliphatic heterocycles. The lowest BCUT2D eigenvalue weighted by molar-refractivity contribution is -0.137. The van der Waals surface area contributed by atoms with Crippen LogP contribution in [-0.2, 0) is 16.2 Å². The summed E-state index contributed by atoms with van der Waals surface area (Å²) in [6.45, 7) is 0.278. The molecule has 0 radical (unpaired) electrons. The van der Waals surface area contributed by atoms with E-state index in [2.05, 4.69) is 26.6 Å². The number of rotatable bonds is 7. The van der Waals surface area contributed by atoms with E-state index in [1.165, 1.54) is 6.07 Å². The Labute approximate surface area is 229 Å². The fourth-order valence-electron chi connectivity index (χ4n) is 3.64. The van der Waals surface area contributed by atoms with Gasteiger partial charge in [0.15, 0.2) is 5.65 Å². The lowest BCUT2D eigenvalue weighted by atomic mass is 10.1. The van der Waals surface area contributed by atoms with Crippen molar-refractivity contribution in [2.75, 3.05) is 27.2 Å². The second-order valence-corrected chi connectivity index (χ2v) is 10.7. The zero-order chi connectivity index (χ0) is 30.1. The van der Waals surface area contributed by atoms with E-state index in [0.717, 1.165) is 34.8 Å². The molecule has 2 heterocycles. The molecule has 2 aromatic heterocycles. The molecule has 4 rings (SSSR count). The van der Waals surface area contributed by atoms with Gasteiger partial charge in [0.05, 0.1) is 16.8 Å². The van der Waals surface area contributed by atoms with Crippen LogP contribution in [0.3, 0.4) is 0 Å². The average Bonchev–Trinajstić information content (AvgIpc) is 3.29. The SMILES string of the molecule is CN(C)CCNS(=O)(=O)c1cc(C#Cc2cc3nc(-c4ccc(C(F)(F)F)cc4)cc(C(F)F)n3n2)c(F)cc1F. The number of likely N-dealkylation sites (N-methyl/N-ethyl adjacent to an activating group) is 1. The first-order valence-electron chi connectivity index (χ1n) is 11.7. The average molecular weight is 600 g/mol. The maximum absolute atomic E-state index is 14.4. The summed E-state index contributed by atoms with van der Waals surface area (Å²) < 4.78 is 123. The lowest BCUT2D eigenvalue weighted by Crippen LogP contribution is -2.32. The highest BCUT2D eigenvalue weighted by molar-refractivity contribution is 7.89. The molecule has 0 atom stereocenters. The number of fused-ring (bicyclic) bond motifs is 1. The normalized spacial score (nSPS) is 12.3. The summed E-state index contributed by atoms with van der Waals surface area (Å²) in [7, 11) is -0.941. The van der Waals surface area contributed by atoms with Crippen molar-refractivity contribution in [1.29, 1.82) is 0 Å². The summed E-state index contributed by atoms with van der Waals surface area (Å²) in [6, 6.07) is 6.97. The molecule has 0 saturated carbocycles. The molecule has 41 heavy (non-hydrogen) atoms. The summed E-state index contributed by atoms with van der Waals surface area (Å²) in [4.78, 5) is 5.03. The Kier molecular flexibility index (Phi) is 8.39. The van der Waals surface area contributed by atoms with Crippen LogP contribution in [0.5, 0.6) is 0 Å². The highest BCUT2D eigenvalue weighted by atomic mass is 32.2. The fraction of sp³-hybridized carbons (Fsp3) is 0.231. The van der Waals surface area contributed by atoms with E-state index in [1.54, 1.807) is 19.0 Å². The van der Waals surface area contributed by atoms with E-state index in [4.69, 9.17) is 0 Å². The first-order valence-corrected chi connectivity index (χ1v) is 13.2. The molecule has 216 valence electrons. The molecule has 0 aliphatic carbocycles. The number of alkyl halides is 5. The molecule has 4 aromatic rings. The van der Waals surface area contributed by atoms with Gasteiger partial charge in [-0.25, -0.2) is 40.2 Å². The standard InChI is InChI=1S/C26H20F7N5O2S/c1-37(2)10-9-34-41(39,40)23-11-16(19(27)13-20(23)28)5-8-18-12-24-35-21(14-22(25(29)30)38(24)36-18)15-3-6-17(7-4-15)26(31,32)33/h3-4,6-7,11-14,25,34H,9-10H2,1-2H3. The maximum Gasteiger partial charge on any atom is 0.416 e. The fourth-order valence-corrected chi connectivity index (χ4v) is 4.74. The van der Waals surface area contributed by atoms with Gasteiger partial charge < -0.3 is 4.90 Å². The molecule has 0 amide bonds. The van der Waals surface area contributed by atoms with Gasteiger partial charge in [-0.15, -0.1) is 0 Å². The smallest absolute Gasteiger partial charge is 0.308 e. The molecule has 0 bridgehead atoms. The van der Waals surface area contributed by atoms with E-state index >= 15 is 0 Å². The number of hydrogen-bond acceptors (Lipinski definition) is 5. The molecular weight excluding hydrogens is 579 g/mol. The van der Waals surface area contributed by atoms with Gasteiger partial charge in [-0.05, 0) is 44.3 Å². The van der Waals surface area contributed by atoms with Crippen LogP contribution in [0.4, 0.5) is 30.7 Å². The Morgan fingerprint density at radius 1 is 1.00 bits per heavy atom. The van der Waals surface area contributed by atoms with Crippen LogP contribution < -0.4 is 4.72 Å². The highest BCUT2D eigenvalue weighted by Crippen LogP contribution is 2.32. The topological polar surface area (TPSA) is 79.6 Å². The minimum atomic E-state index is -4.58. The van der Waals surface area contributed by atoms with Gasteiger partial charge in [-0.3, -0.25) is 0 Å². The molecular formula is C26H20F7N5O2S. The molecule has 1 N–H and O–H groups in total. The van der Waals surface area contributed by atoms with E-state index in [-0.39, 0.29) is 29.1 Å². The van der Waals surface area contributed by atoms with E-state index in [1.807, 2.05) is 0 Å². The van der Waals surface area contributed by atoms with E-state index < -0.39 is 56.0 Å². The van der Waals surface area contributed by atoms with Crippen molar-refractivity contribution in [3.05, 3.63) is 82.7 Å². The number of nitrogens with zero attached hydrogens (tertiary/aromatic N) is 4. The second-order valence-electron chi connectivity index (χ2n) is 8.96. The number of sulfonamides is 1. The van der Waals surface area contributed by atoms with Crippen LogP contribution >= 0.6 is 0 Å². The number of nitrogens with one attached hydrogen (secondary N) is 1. The van der Waals surface area contributed by atoms with Crippen LogP contribution in [0, 0.1) is 23.5 Å².